The van der Waals surface area contributed by atoms with Crippen molar-refractivity contribution in [2.24, 2.45) is 35.3 Å². The predicted molar refractivity (Wildman–Crippen MR) is 198 cm³/mol. The Morgan fingerprint density at radius 2 is 1.29 bits per heavy atom. The number of hydrogen-bond acceptors (Lipinski definition) is 5. The molecule has 3 N–H and O–H groups in total. The topological polar surface area (TPSA) is 91.0 Å². The zero-order chi connectivity index (χ0) is 35.6. The molecule has 0 aliphatic carbocycles. The lowest BCUT2D eigenvalue weighted by molar-refractivity contribution is -0.0207. The minimum atomic E-state index is -2.18. The first-order valence-electron chi connectivity index (χ1n) is 16.9. The second kappa shape index (κ2) is 18.2. The number of aliphatic hydroxyl groups is 1. The average Bonchev–Trinajstić information content (AvgIpc) is 2.88. The molecule has 262 valence electrons. The van der Waals surface area contributed by atoms with Crippen LogP contribution in [0.1, 0.15) is 89.5 Å². The van der Waals surface area contributed by atoms with Crippen LogP contribution in [0.15, 0.2) is 48.6 Å². The smallest absolute Gasteiger partial charge is 0.404 e. The number of nitrogens with two attached hydrogens (primary N) is 1. The van der Waals surface area contributed by atoms with Gasteiger partial charge >= 0.3 is 6.09 Å². The molecule has 45 heavy (non-hydrogen) atoms. The number of aliphatic hydroxyl groups excluding tert-OH is 1. The van der Waals surface area contributed by atoms with Crippen LogP contribution < -0.4 is 5.73 Å². The number of allylic oxidation sites excluding steroid dienone is 3. The van der Waals surface area contributed by atoms with E-state index in [9.17, 15) is 9.90 Å². The van der Waals surface area contributed by atoms with Gasteiger partial charge in [0.1, 0.15) is 6.10 Å². The van der Waals surface area contributed by atoms with E-state index >= 15 is 0 Å². The summed E-state index contributed by atoms with van der Waals surface area (Å²) in [4.78, 5) is 12.1. The SMILES string of the molecule is C=C/C=C\[C@H](C)[C@H](OC(N)=O)[C@@H](C)[C@H](O[Si](C)(C)C(C)(C)C)[C@@H](C)C/C(C)=C\[C@H](C)[C@@H](O[Si](C)(C)C(C)(C)C)[C@@H](C)/C=C\CO. The number of ether oxygens (including phenoxy) is 1. The summed E-state index contributed by atoms with van der Waals surface area (Å²) in [5.41, 5.74) is 6.86. The lowest BCUT2D eigenvalue weighted by atomic mass is 9.81. The van der Waals surface area contributed by atoms with Crippen LogP contribution in [-0.2, 0) is 13.6 Å². The van der Waals surface area contributed by atoms with Crippen molar-refractivity contribution in [2.45, 2.75) is 144 Å². The van der Waals surface area contributed by atoms with Gasteiger partial charge in [-0.05, 0) is 67.4 Å². The van der Waals surface area contributed by atoms with E-state index in [1.165, 1.54) is 5.57 Å². The van der Waals surface area contributed by atoms with E-state index in [4.69, 9.17) is 19.3 Å². The maximum atomic E-state index is 12.1. The molecule has 0 aromatic carbocycles. The molecular formula is C37H71NO5Si2. The molecule has 0 saturated carbocycles. The fourth-order valence-electron chi connectivity index (χ4n) is 5.47. The van der Waals surface area contributed by atoms with E-state index in [0.29, 0.717) is 0 Å². The maximum absolute atomic E-state index is 12.1. The van der Waals surface area contributed by atoms with E-state index in [1.807, 2.05) is 25.2 Å². The van der Waals surface area contributed by atoms with Gasteiger partial charge in [-0.25, -0.2) is 4.79 Å². The van der Waals surface area contributed by atoms with Crippen molar-refractivity contribution < 1.29 is 23.5 Å². The summed E-state index contributed by atoms with van der Waals surface area (Å²) in [6.45, 7) is 39.6. The molecule has 0 rings (SSSR count). The first-order chi connectivity index (χ1) is 20.3. The van der Waals surface area contributed by atoms with Gasteiger partial charge in [-0.15, -0.1) is 0 Å². The molecule has 0 fully saturated rings. The normalized spacial score (nSPS) is 19.5. The van der Waals surface area contributed by atoms with Gasteiger partial charge in [0.15, 0.2) is 16.6 Å². The maximum Gasteiger partial charge on any atom is 0.404 e. The van der Waals surface area contributed by atoms with Crippen molar-refractivity contribution >= 4 is 22.7 Å². The monoisotopic (exact) mass is 665 g/mol. The molecular weight excluding hydrogens is 595 g/mol. The lowest BCUT2D eigenvalue weighted by Gasteiger charge is -2.45. The lowest BCUT2D eigenvalue weighted by Crippen LogP contribution is -2.50. The molecule has 0 radical (unpaired) electrons. The number of primary amides is 1. The van der Waals surface area contributed by atoms with Gasteiger partial charge in [0, 0.05) is 11.8 Å². The summed E-state index contributed by atoms with van der Waals surface area (Å²) in [5.74, 6) is 0.293. The molecule has 0 aliphatic rings. The highest BCUT2D eigenvalue weighted by Crippen LogP contribution is 2.42. The Balaban J connectivity index is 6.59. The minimum Gasteiger partial charge on any atom is -0.445 e. The minimum absolute atomic E-state index is 0.0111. The molecule has 0 spiro atoms. The van der Waals surface area contributed by atoms with Gasteiger partial charge in [-0.3, -0.25) is 0 Å². The molecule has 0 aromatic heterocycles. The zero-order valence-electron chi connectivity index (χ0n) is 31.9. The van der Waals surface area contributed by atoms with Gasteiger partial charge in [-0.1, -0.05) is 125 Å². The Morgan fingerprint density at radius 1 is 0.822 bits per heavy atom. The molecule has 6 nitrogen and oxygen atoms in total. The highest BCUT2D eigenvalue weighted by Gasteiger charge is 2.44. The molecule has 0 aromatic rings. The molecule has 0 saturated heterocycles. The van der Waals surface area contributed by atoms with E-state index in [1.54, 1.807) is 6.08 Å². The summed E-state index contributed by atoms with van der Waals surface area (Å²) in [5, 5.41) is 9.56. The van der Waals surface area contributed by atoms with Crippen LogP contribution in [0.5, 0.6) is 0 Å². The first kappa shape index (κ1) is 43.5. The van der Waals surface area contributed by atoms with Crippen LogP contribution in [0.25, 0.3) is 0 Å². The number of hydrogen-bond donors (Lipinski definition) is 2. The number of amides is 1. The standard InChI is InChI=1S/C37H71NO5Si2/c1-18-19-21-28(4)33(41-35(38)40)31(7)34(43-45(16,17)37(11,12)13)30(6)25-26(2)24-29(5)32(27(3)22-20-23-39)42-44(14,15)36(8,9)10/h18-22,24,27-34,39H,1,23,25H2,2-17H3,(H2,38,40)/b21-19-,22-20-,26-24-/t27-,28-,29-,30-,31+,32-,33-,34+/m0/s1. The first-order valence-corrected chi connectivity index (χ1v) is 22.7. The van der Waals surface area contributed by atoms with Crippen LogP contribution >= 0.6 is 0 Å². The van der Waals surface area contributed by atoms with Crippen LogP contribution in [0, 0.1) is 29.6 Å². The summed E-state index contributed by atoms with van der Waals surface area (Å²) in [6, 6.07) is 0. The van der Waals surface area contributed by atoms with Crippen LogP contribution in [0.4, 0.5) is 4.79 Å². The second-order valence-corrected chi connectivity index (χ2v) is 26.0. The third kappa shape index (κ3) is 14.1. The average molecular weight is 666 g/mol. The van der Waals surface area contributed by atoms with Crippen molar-refractivity contribution in [3.63, 3.8) is 0 Å². The van der Waals surface area contributed by atoms with Gasteiger partial charge in [0.25, 0.3) is 0 Å². The third-order valence-corrected chi connectivity index (χ3v) is 19.1. The Kier molecular flexibility index (Phi) is 17.6. The number of rotatable bonds is 18. The summed E-state index contributed by atoms with van der Waals surface area (Å²) in [6.07, 6.45) is 11.3. The molecule has 8 atom stereocenters. The van der Waals surface area contributed by atoms with Gasteiger partial charge < -0.3 is 24.4 Å². The third-order valence-electron chi connectivity index (χ3n) is 10.2. The number of carbonyl (C=O) groups is 1. The molecule has 0 heterocycles. The molecule has 8 heteroatoms. The molecule has 1 amide bonds. The van der Waals surface area contributed by atoms with Crippen LogP contribution in [-0.4, -0.2) is 52.8 Å². The van der Waals surface area contributed by atoms with E-state index in [2.05, 4.69) is 121 Å². The van der Waals surface area contributed by atoms with E-state index < -0.39 is 28.8 Å². The summed E-state index contributed by atoms with van der Waals surface area (Å²) < 4.78 is 20.0. The highest BCUT2D eigenvalue weighted by molar-refractivity contribution is 6.74. The van der Waals surface area contributed by atoms with Gasteiger partial charge in [-0.2, -0.15) is 0 Å². The fraction of sp³-hybridized carbons (Fsp3) is 0.757. The van der Waals surface area contributed by atoms with E-state index in [0.717, 1.165) is 6.42 Å². The molecule has 0 aliphatic heterocycles. The Labute approximate surface area is 280 Å². The summed E-state index contributed by atoms with van der Waals surface area (Å²) in [7, 11) is -4.23. The number of carbonyl (C=O) groups excluding carboxylic acids is 1. The van der Waals surface area contributed by atoms with Crippen molar-refractivity contribution in [3.8, 4) is 0 Å². The van der Waals surface area contributed by atoms with Crippen molar-refractivity contribution in [1.29, 1.82) is 0 Å². The summed E-state index contributed by atoms with van der Waals surface area (Å²) >= 11 is 0. The Morgan fingerprint density at radius 3 is 1.71 bits per heavy atom. The molecule has 0 bridgehead atoms. The van der Waals surface area contributed by atoms with Crippen LogP contribution in [0.3, 0.4) is 0 Å². The quantitative estimate of drug-likeness (QED) is 0.0864. The predicted octanol–water partition coefficient (Wildman–Crippen LogP) is 10.0. The van der Waals surface area contributed by atoms with Crippen LogP contribution in [0.2, 0.25) is 36.3 Å². The molecule has 0 unspecified atom stereocenters. The van der Waals surface area contributed by atoms with Crippen molar-refractivity contribution in [2.75, 3.05) is 6.61 Å². The van der Waals surface area contributed by atoms with Gasteiger partial charge in [0.2, 0.25) is 0 Å². The zero-order valence-corrected chi connectivity index (χ0v) is 33.9. The highest BCUT2D eigenvalue weighted by atomic mass is 28.4. The Bertz CT molecular complexity index is 1010. The van der Waals surface area contributed by atoms with Gasteiger partial charge in [0.05, 0.1) is 18.8 Å². The largest absolute Gasteiger partial charge is 0.445 e. The fourth-order valence-corrected chi connectivity index (χ4v) is 8.41. The second-order valence-electron chi connectivity index (χ2n) is 16.4. The van der Waals surface area contributed by atoms with Crippen molar-refractivity contribution in [1.82, 2.24) is 0 Å². The van der Waals surface area contributed by atoms with E-state index in [-0.39, 0.29) is 58.5 Å². The Hall–Kier alpha value is -1.46. The van der Waals surface area contributed by atoms with Crippen molar-refractivity contribution in [3.05, 3.63) is 48.6 Å².